The molecule has 29 heavy (non-hydrogen) atoms. The summed E-state index contributed by atoms with van der Waals surface area (Å²) >= 11 is 6.41. The van der Waals surface area contributed by atoms with Gasteiger partial charge in [0.2, 0.25) is 5.91 Å². The Labute approximate surface area is 178 Å². The van der Waals surface area contributed by atoms with Crippen molar-refractivity contribution < 1.29 is 9.59 Å². The van der Waals surface area contributed by atoms with Gasteiger partial charge in [0, 0.05) is 17.1 Å². The fraction of sp³-hybridized carbons (Fsp3) is 0.391. The van der Waals surface area contributed by atoms with Gasteiger partial charge in [-0.05, 0) is 50.7 Å². The number of halogens is 1. The number of benzene rings is 2. The van der Waals surface area contributed by atoms with Gasteiger partial charge in [-0.1, -0.05) is 61.3 Å². The Morgan fingerprint density at radius 3 is 2.38 bits per heavy atom. The monoisotopic (exact) mass is 415 g/mol. The molecule has 0 bridgehead atoms. The summed E-state index contributed by atoms with van der Waals surface area (Å²) < 4.78 is 0. The van der Waals surface area contributed by atoms with Gasteiger partial charge in [0.1, 0.15) is 6.04 Å². The minimum Gasteiger partial charge on any atom is -0.352 e. The van der Waals surface area contributed by atoms with Crippen LogP contribution in [0.1, 0.15) is 48.3 Å². The molecule has 0 heterocycles. The largest absolute Gasteiger partial charge is 0.352 e. The highest BCUT2D eigenvalue weighted by Crippen LogP contribution is 2.26. The molecule has 2 unspecified atom stereocenters. The molecule has 2 aromatic rings. The molecular weight excluding hydrogens is 386 g/mol. The second kappa shape index (κ2) is 11.0. The van der Waals surface area contributed by atoms with Crippen LogP contribution in [0.25, 0.3) is 0 Å². The molecule has 0 fully saturated rings. The normalized spacial score (nSPS) is 13.0. The topological polar surface area (TPSA) is 61.4 Å². The SMILES string of the molecule is CCN(CC)C(CNC(=O)C(C)NC(=O)c1cccc(C)c1)c1ccccc1Cl. The average molecular weight is 416 g/mol. The van der Waals surface area contributed by atoms with E-state index in [2.05, 4.69) is 29.4 Å². The lowest BCUT2D eigenvalue weighted by Crippen LogP contribution is -2.47. The first kappa shape index (κ1) is 22.9. The Morgan fingerprint density at radius 2 is 1.76 bits per heavy atom. The maximum atomic E-state index is 12.6. The molecule has 0 saturated heterocycles. The number of hydrogen-bond donors (Lipinski definition) is 2. The van der Waals surface area contributed by atoms with Crippen LogP contribution in [0.5, 0.6) is 0 Å². The van der Waals surface area contributed by atoms with Crippen molar-refractivity contribution in [1.82, 2.24) is 15.5 Å². The van der Waals surface area contributed by atoms with Gasteiger partial charge in [-0.3, -0.25) is 14.5 Å². The molecule has 0 spiro atoms. The standard InChI is InChI=1S/C23H30ClN3O2/c1-5-27(6-2)21(19-12-7-8-13-20(19)24)15-25-22(28)17(4)26-23(29)18-11-9-10-16(3)14-18/h7-14,17,21H,5-6,15H2,1-4H3,(H,25,28)(H,26,29). The maximum absolute atomic E-state index is 12.6. The van der Waals surface area contributed by atoms with E-state index in [9.17, 15) is 9.59 Å². The highest BCUT2D eigenvalue weighted by molar-refractivity contribution is 6.31. The van der Waals surface area contributed by atoms with E-state index >= 15 is 0 Å². The summed E-state index contributed by atoms with van der Waals surface area (Å²) in [6.45, 7) is 9.86. The molecule has 0 aliphatic rings. The number of amides is 2. The summed E-state index contributed by atoms with van der Waals surface area (Å²) in [7, 11) is 0. The zero-order valence-electron chi connectivity index (χ0n) is 17.5. The van der Waals surface area contributed by atoms with Crippen molar-refractivity contribution in [3.63, 3.8) is 0 Å². The third kappa shape index (κ3) is 6.31. The van der Waals surface area contributed by atoms with Gasteiger partial charge in [-0.25, -0.2) is 0 Å². The van der Waals surface area contributed by atoms with E-state index in [0.717, 1.165) is 24.2 Å². The average Bonchev–Trinajstić information content (AvgIpc) is 2.71. The van der Waals surface area contributed by atoms with E-state index < -0.39 is 6.04 Å². The first-order chi connectivity index (χ1) is 13.9. The molecule has 0 radical (unpaired) electrons. The van der Waals surface area contributed by atoms with Crippen LogP contribution < -0.4 is 10.6 Å². The molecule has 6 heteroatoms. The molecule has 2 aromatic carbocycles. The van der Waals surface area contributed by atoms with Gasteiger partial charge >= 0.3 is 0 Å². The Kier molecular flexibility index (Phi) is 8.68. The summed E-state index contributed by atoms with van der Waals surface area (Å²) in [5.41, 5.74) is 2.52. The van der Waals surface area contributed by atoms with Crippen LogP contribution in [0.4, 0.5) is 0 Å². The number of carbonyl (C=O) groups is 2. The van der Waals surface area contributed by atoms with Crippen molar-refractivity contribution in [3.8, 4) is 0 Å². The van der Waals surface area contributed by atoms with Crippen LogP contribution in [0, 0.1) is 6.92 Å². The van der Waals surface area contributed by atoms with Crippen molar-refractivity contribution in [1.29, 1.82) is 0 Å². The van der Waals surface area contributed by atoms with E-state index in [-0.39, 0.29) is 17.9 Å². The highest BCUT2D eigenvalue weighted by Gasteiger charge is 2.23. The lowest BCUT2D eigenvalue weighted by molar-refractivity contribution is -0.122. The molecule has 5 nitrogen and oxygen atoms in total. The number of nitrogens with zero attached hydrogens (tertiary/aromatic N) is 1. The minimum atomic E-state index is -0.647. The second-order valence-corrected chi connectivity index (χ2v) is 7.48. The van der Waals surface area contributed by atoms with Gasteiger partial charge in [0.25, 0.3) is 5.91 Å². The molecule has 2 N–H and O–H groups in total. The summed E-state index contributed by atoms with van der Waals surface area (Å²) in [6.07, 6.45) is 0. The van der Waals surface area contributed by atoms with Crippen molar-refractivity contribution in [2.24, 2.45) is 0 Å². The number of carbonyl (C=O) groups excluding carboxylic acids is 2. The summed E-state index contributed by atoms with van der Waals surface area (Å²) in [5, 5.41) is 6.42. The zero-order valence-corrected chi connectivity index (χ0v) is 18.3. The second-order valence-electron chi connectivity index (χ2n) is 7.07. The van der Waals surface area contributed by atoms with Crippen LogP contribution >= 0.6 is 11.6 Å². The Hall–Kier alpha value is -2.37. The highest BCUT2D eigenvalue weighted by atomic mass is 35.5. The fourth-order valence-corrected chi connectivity index (χ4v) is 3.59. The fourth-order valence-electron chi connectivity index (χ4n) is 3.33. The number of likely N-dealkylation sites (N-methyl/N-ethyl adjacent to an activating group) is 1. The van der Waals surface area contributed by atoms with E-state index in [0.29, 0.717) is 17.1 Å². The molecule has 2 atom stereocenters. The molecule has 0 aliphatic heterocycles. The van der Waals surface area contributed by atoms with Gasteiger partial charge in [0.15, 0.2) is 0 Å². The van der Waals surface area contributed by atoms with Crippen molar-refractivity contribution in [2.75, 3.05) is 19.6 Å². The number of rotatable bonds is 9. The number of nitrogens with one attached hydrogen (secondary N) is 2. The minimum absolute atomic E-state index is 0.0395. The maximum Gasteiger partial charge on any atom is 0.251 e. The van der Waals surface area contributed by atoms with Crippen molar-refractivity contribution >= 4 is 23.4 Å². The number of aryl methyl sites for hydroxylation is 1. The predicted octanol–water partition coefficient (Wildman–Crippen LogP) is 3.97. The van der Waals surface area contributed by atoms with Gasteiger partial charge < -0.3 is 10.6 Å². The third-order valence-electron chi connectivity index (χ3n) is 5.01. The summed E-state index contributed by atoms with van der Waals surface area (Å²) in [6, 6.07) is 14.3. The van der Waals surface area contributed by atoms with Crippen LogP contribution in [-0.2, 0) is 4.79 Å². The van der Waals surface area contributed by atoms with Crippen molar-refractivity contribution in [3.05, 3.63) is 70.2 Å². The lowest BCUT2D eigenvalue weighted by Gasteiger charge is -2.31. The van der Waals surface area contributed by atoms with Crippen molar-refractivity contribution in [2.45, 2.75) is 39.8 Å². The zero-order chi connectivity index (χ0) is 21.4. The van der Waals surface area contributed by atoms with Crippen LogP contribution in [0.2, 0.25) is 5.02 Å². The summed E-state index contributed by atoms with van der Waals surface area (Å²) in [4.78, 5) is 27.3. The van der Waals surface area contributed by atoms with Crippen LogP contribution in [-0.4, -0.2) is 42.4 Å². The molecule has 0 aromatic heterocycles. The van der Waals surface area contributed by atoms with Gasteiger partial charge in [0.05, 0.1) is 6.04 Å². The molecule has 2 amide bonds. The predicted molar refractivity (Wildman–Crippen MR) is 118 cm³/mol. The Bertz CT molecular complexity index is 836. The molecule has 2 rings (SSSR count). The molecular formula is C23H30ClN3O2. The molecule has 156 valence electrons. The molecule has 0 aliphatic carbocycles. The Balaban J connectivity index is 2.03. The number of hydrogen-bond acceptors (Lipinski definition) is 3. The quantitative estimate of drug-likeness (QED) is 0.651. The lowest BCUT2D eigenvalue weighted by atomic mass is 10.0. The van der Waals surface area contributed by atoms with Gasteiger partial charge in [-0.15, -0.1) is 0 Å². The van der Waals surface area contributed by atoms with E-state index in [1.807, 2.05) is 43.3 Å². The summed E-state index contributed by atoms with van der Waals surface area (Å²) in [5.74, 6) is -0.488. The smallest absolute Gasteiger partial charge is 0.251 e. The third-order valence-corrected chi connectivity index (χ3v) is 5.35. The van der Waals surface area contributed by atoms with Gasteiger partial charge in [-0.2, -0.15) is 0 Å². The van der Waals surface area contributed by atoms with E-state index in [1.165, 1.54) is 0 Å². The van der Waals surface area contributed by atoms with Crippen LogP contribution in [0.15, 0.2) is 48.5 Å². The van der Waals surface area contributed by atoms with E-state index in [1.54, 1.807) is 19.1 Å². The Morgan fingerprint density at radius 1 is 1.07 bits per heavy atom. The first-order valence-electron chi connectivity index (χ1n) is 10.0. The molecule has 0 saturated carbocycles. The first-order valence-corrected chi connectivity index (χ1v) is 10.4. The van der Waals surface area contributed by atoms with Crippen LogP contribution in [0.3, 0.4) is 0 Å². The van der Waals surface area contributed by atoms with E-state index in [4.69, 9.17) is 11.6 Å².